The molecule has 3 heterocycles. The molecule has 2 bridgehead atoms. The zero-order chi connectivity index (χ0) is 27.8. The fraction of sp³-hybridized carbons (Fsp3) is 0.441. The van der Waals surface area contributed by atoms with E-state index in [1.165, 1.54) is 45.6 Å². The smallest absolute Gasteiger partial charge is 0.337 e. The second-order valence-electron chi connectivity index (χ2n) is 12.1. The van der Waals surface area contributed by atoms with E-state index in [1.807, 2.05) is 30.3 Å². The minimum atomic E-state index is -0.347. The summed E-state index contributed by atoms with van der Waals surface area (Å²) >= 11 is 0. The number of rotatable bonds is 9. The molecular formula is C34H37N3O4. The van der Waals surface area contributed by atoms with Crippen LogP contribution in [0.1, 0.15) is 66.7 Å². The summed E-state index contributed by atoms with van der Waals surface area (Å²) in [6.45, 7) is 2.29. The molecule has 3 aliphatic carbocycles. The lowest BCUT2D eigenvalue weighted by atomic mass is 9.61. The minimum absolute atomic E-state index is 0.170. The standard InChI is InChI=1S/C34H37N3O4/c1-39-33(38)26-9-10-29-30(20-26)37(21-27-14-18-40-27)31(35-29)19-24-5-7-25(8-6-24)28-3-2-4-32(36-28)41-22-34-15-11-23(12-16-34)13-17-34/h2-10,20,23,27H,11-19,21-22H2,1H3/t23?,27-,34?/m0/s1. The number of pyridine rings is 1. The molecule has 4 fully saturated rings. The van der Waals surface area contributed by atoms with Crippen molar-refractivity contribution in [2.75, 3.05) is 20.3 Å². The molecule has 0 unspecified atom stereocenters. The number of hydrogen-bond acceptors (Lipinski definition) is 6. The van der Waals surface area contributed by atoms with Gasteiger partial charge in [0.2, 0.25) is 5.88 Å². The summed E-state index contributed by atoms with van der Waals surface area (Å²) in [5.41, 5.74) is 5.82. The van der Waals surface area contributed by atoms with Crippen LogP contribution in [-0.4, -0.2) is 46.9 Å². The third-order valence-corrected chi connectivity index (χ3v) is 9.54. The van der Waals surface area contributed by atoms with Gasteiger partial charge in [0.1, 0.15) is 5.82 Å². The lowest BCUT2D eigenvalue weighted by molar-refractivity contribution is -0.0589. The molecule has 41 heavy (non-hydrogen) atoms. The number of methoxy groups -OCH3 is 1. The Balaban J connectivity index is 1.08. The number of imidazole rings is 1. The largest absolute Gasteiger partial charge is 0.477 e. The first-order valence-electron chi connectivity index (χ1n) is 15.0. The normalized spacial score (nSPS) is 23.3. The van der Waals surface area contributed by atoms with Gasteiger partial charge >= 0.3 is 5.97 Å². The van der Waals surface area contributed by atoms with Gasteiger partial charge in [-0.2, -0.15) is 0 Å². The second kappa shape index (κ2) is 10.9. The Morgan fingerprint density at radius 1 is 1.00 bits per heavy atom. The zero-order valence-corrected chi connectivity index (χ0v) is 23.7. The van der Waals surface area contributed by atoms with Crippen molar-refractivity contribution < 1.29 is 19.0 Å². The fourth-order valence-electron chi connectivity index (χ4n) is 6.80. The van der Waals surface area contributed by atoms with E-state index in [2.05, 4.69) is 28.8 Å². The summed E-state index contributed by atoms with van der Waals surface area (Å²) in [4.78, 5) is 22.0. The van der Waals surface area contributed by atoms with Gasteiger partial charge in [0.05, 0.1) is 48.7 Å². The van der Waals surface area contributed by atoms with Gasteiger partial charge in [0, 0.05) is 30.1 Å². The van der Waals surface area contributed by atoms with Gasteiger partial charge in [-0.3, -0.25) is 0 Å². The maximum Gasteiger partial charge on any atom is 0.337 e. The summed E-state index contributed by atoms with van der Waals surface area (Å²) < 4.78 is 19.2. The number of hydrogen-bond donors (Lipinski definition) is 0. The molecule has 4 aliphatic rings. The van der Waals surface area contributed by atoms with Crippen LogP contribution in [0.5, 0.6) is 5.88 Å². The first kappa shape index (κ1) is 26.2. The van der Waals surface area contributed by atoms with Gasteiger partial charge in [-0.1, -0.05) is 30.3 Å². The number of benzene rings is 2. The number of carbonyl (C=O) groups is 1. The molecule has 2 aromatic carbocycles. The van der Waals surface area contributed by atoms with Crippen molar-refractivity contribution in [3.63, 3.8) is 0 Å². The first-order valence-corrected chi connectivity index (χ1v) is 15.0. The van der Waals surface area contributed by atoms with Gasteiger partial charge in [0.15, 0.2) is 0 Å². The molecule has 1 saturated heterocycles. The highest BCUT2D eigenvalue weighted by Gasteiger charge is 2.41. The molecule has 0 amide bonds. The van der Waals surface area contributed by atoms with Crippen molar-refractivity contribution in [2.24, 2.45) is 11.3 Å². The summed E-state index contributed by atoms with van der Waals surface area (Å²) in [7, 11) is 1.40. The van der Waals surface area contributed by atoms with Crippen molar-refractivity contribution in [3.05, 3.63) is 77.6 Å². The van der Waals surface area contributed by atoms with Gasteiger partial charge in [-0.05, 0) is 80.7 Å². The predicted molar refractivity (Wildman–Crippen MR) is 157 cm³/mol. The van der Waals surface area contributed by atoms with Crippen LogP contribution in [0.3, 0.4) is 0 Å². The molecule has 8 rings (SSSR count). The molecule has 1 atom stereocenters. The van der Waals surface area contributed by atoms with Crippen LogP contribution in [0.15, 0.2) is 60.7 Å². The van der Waals surface area contributed by atoms with E-state index in [4.69, 9.17) is 24.2 Å². The van der Waals surface area contributed by atoms with Crippen LogP contribution in [0.2, 0.25) is 0 Å². The third-order valence-electron chi connectivity index (χ3n) is 9.54. The predicted octanol–water partition coefficient (Wildman–Crippen LogP) is 6.61. The molecule has 4 aromatic rings. The van der Waals surface area contributed by atoms with Crippen LogP contribution in [0.25, 0.3) is 22.3 Å². The van der Waals surface area contributed by atoms with Crippen molar-refractivity contribution >= 4 is 17.0 Å². The van der Waals surface area contributed by atoms with E-state index in [-0.39, 0.29) is 12.1 Å². The summed E-state index contributed by atoms with van der Waals surface area (Å²) in [6, 6.07) is 20.1. The molecule has 0 spiro atoms. The fourth-order valence-corrected chi connectivity index (χ4v) is 6.80. The van der Waals surface area contributed by atoms with Gasteiger partial charge < -0.3 is 18.8 Å². The average molecular weight is 552 g/mol. The maximum atomic E-state index is 12.2. The quantitative estimate of drug-likeness (QED) is 0.218. The number of esters is 1. The molecular weight excluding hydrogens is 514 g/mol. The molecule has 0 radical (unpaired) electrons. The Kier molecular flexibility index (Phi) is 6.99. The van der Waals surface area contributed by atoms with E-state index >= 15 is 0 Å². The monoisotopic (exact) mass is 551 g/mol. The van der Waals surface area contributed by atoms with Crippen LogP contribution in [0, 0.1) is 11.3 Å². The molecule has 212 valence electrons. The number of nitrogens with zero attached hydrogens (tertiary/aromatic N) is 3. The van der Waals surface area contributed by atoms with Crippen LogP contribution in [-0.2, 0) is 22.4 Å². The van der Waals surface area contributed by atoms with E-state index in [1.54, 1.807) is 6.07 Å². The Morgan fingerprint density at radius 2 is 1.78 bits per heavy atom. The topological polar surface area (TPSA) is 75.5 Å². The van der Waals surface area contributed by atoms with Crippen molar-refractivity contribution in [2.45, 2.75) is 64.0 Å². The highest BCUT2D eigenvalue weighted by Crippen LogP contribution is 2.50. The number of aromatic nitrogens is 3. The molecule has 2 aromatic heterocycles. The van der Waals surface area contributed by atoms with Gasteiger partial charge in [-0.25, -0.2) is 14.8 Å². The lowest BCUT2D eigenvalue weighted by Gasteiger charge is -2.46. The van der Waals surface area contributed by atoms with Crippen LogP contribution >= 0.6 is 0 Å². The highest BCUT2D eigenvalue weighted by molar-refractivity contribution is 5.93. The Hall–Kier alpha value is -3.71. The molecule has 7 heteroatoms. The maximum absolute atomic E-state index is 12.2. The summed E-state index contributed by atoms with van der Waals surface area (Å²) in [6.07, 6.45) is 9.86. The van der Waals surface area contributed by atoms with Crippen molar-refractivity contribution in [1.82, 2.24) is 14.5 Å². The molecule has 1 aliphatic heterocycles. The Labute approximate surface area is 240 Å². The van der Waals surface area contributed by atoms with E-state index in [0.29, 0.717) is 29.8 Å². The average Bonchev–Trinajstić information content (AvgIpc) is 3.34. The summed E-state index contributed by atoms with van der Waals surface area (Å²) in [5.74, 6) is 2.28. The number of fused-ring (bicyclic) bond motifs is 4. The Bertz CT molecular complexity index is 1530. The summed E-state index contributed by atoms with van der Waals surface area (Å²) in [5, 5.41) is 0. The molecule has 0 N–H and O–H groups in total. The van der Waals surface area contributed by atoms with E-state index < -0.39 is 0 Å². The van der Waals surface area contributed by atoms with Crippen molar-refractivity contribution in [1.29, 1.82) is 0 Å². The second-order valence-corrected chi connectivity index (χ2v) is 12.1. The zero-order valence-electron chi connectivity index (χ0n) is 23.7. The van der Waals surface area contributed by atoms with Crippen LogP contribution in [0.4, 0.5) is 0 Å². The molecule has 7 nitrogen and oxygen atoms in total. The van der Waals surface area contributed by atoms with E-state index in [0.717, 1.165) is 59.2 Å². The van der Waals surface area contributed by atoms with Crippen molar-refractivity contribution in [3.8, 4) is 17.1 Å². The number of ether oxygens (including phenoxy) is 3. The van der Waals surface area contributed by atoms with Gasteiger partial charge in [-0.15, -0.1) is 0 Å². The number of carbonyl (C=O) groups excluding carboxylic acids is 1. The van der Waals surface area contributed by atoms with Crippen LogP contribution < -0.4 is 4.74 Å². The Morgan fingerprint density at radius 3 is 2.49 bits per heavy atom. The van der Waals surface area contributed by atoms with E-state index in [9.17, 15) is 4.79 Å². The molecule has 3 saturated carbocycles. The highest BCUT2D eigenvalue weighted by atomic mass is 16.5. The lowest BCUT2D eigenvalue weighted by Crippen LogP contribution is -2.38. The minimum Gasteiger partial charge on any atom is -0.477 e. The SMILES string of the molecule is COC(=O)c1ccc2nc(Cc3ccc(-c4cccc(OCC56CCC(CC5)CC6)n4)cc3)n(C[C@@H]3CCO3)c2c1. The first-order chi connectivity index (χ1) is 20.1. The van der Waals surface area contributed by atoms with Gasteiger partial charge in [0.25, 0.3) is 0 Å². The third kappa shape index (κ3) is 5.35.